The zero-order valence-corrected chi connectivity index (χ0v) is 17.0. The zero-order valence-electron chi connectivity index (χ0n) is 14.7. The summed E-state index contributed by atoms with van der Waals surface area (Å²) in [7, 11) is 0. The van der Waals surface area contributed by atoms with Gasteiger partial charge < -0.3 is 11.1 Å². The van der Waals surface area contributed by atoms with Gasteiger partial charge in [-0.05, 0) is 72.9 Å². The summed E-state index contributed by atoms with van der Waals surface area (Å²) in [5.74, 6) is 0.575. The molecular formula is C17H19Cl2FN6S. The molecule has 0 aliphatic heterocycles. The molecular weight excluding hydrogens is 410 g/mol. The average Bonchev–Trinajstić information content (AvgIpc) is 3.04. The van der Waals surface area contributed by atoms with E-state index in [1.807, 2.05) is 18.4 Å². The molecule has 144 valence electrons. The van der Waals surface area contributed by atoms with E-state index in [-0.39, 0.29) is 11.3 Å². The van der Waals surface area contributed by atoms with Crippen LogP contribution in [0.1, 0.15) is 36.1 Å². The summed E-state index contributed by atoms with van der Waals surface area (Å²) >= 11 is 14.0. The fourth-order valence-corrected chi connectivity index (χ4v) is 4.35. The number of rotatable bonds is 7. The van der Waals surface area contributed by atoms with E-state index in [1.54, 1.807) is 4.52 Å². The van der Waals surface area contributed by atoms with Crippen molar-refractivity contribution in [1.29, 1.82) is 0 Å². The van der Waals surface area contributed by atoms with Crippen LogP contribution in [0.15, 0.2) is 11.4 Å². The van der Waals surface area contributed by atoms with Crippen LogP contribution in [0, 0.1) is 6.92 Å². The Morgan fingerprint density at radius 1 is 1.44 bits per heavy atom. The lowest BCUT2D eigenvalue weighted by Gasteiger charge is -2.14. The van der Waals surface area contributed by atoms with E-state index in [0.29, 0.717) is 43.2 Å². The molecule has 0 unspecified atom stereocenters. The topological polar surface area (TPSA) is 81.1 Å². The quantitative estimate of drug-likeness (QED) is 0.589. The molecule has 1 aliphatic carbocycles. The van der Waals surface area contributed by atoms with Crippen molar-refractivity contribution in [2.45, 2.75) is 50.9 Å². The Hall–Kier alpha value is -1.48. The molecule has 4 rings (SSSR count). The number of aryl methyl sites for hydroxylation is 1. The van der Waals surface area contributed by atoms with Crippen molar-refractivity contribution in [2.75, 3.05) is 5.32 Å². The molecule has 0 amide bonds. The molecule has 27 heavy (non-hydrogen) atoms. The molecule has 0 bridgehead atoms. The van der Waals surface area contributed by atoms with Crippen LogP contribution in [0.4, 0.5) is 10.2 Å². The zero-order chi connectivity index (χ0) is 19.2. The van der Waals surface area contributed by atoms with Gasteiger partial charge >= 0.3 is 0 Å². The highest BCUT2D eigenvalue weighted by molar-refractivity contribution is 7.03. The van der Waals surface area contributed by atoms with Gasteiger partial charge in [-0.2, -0.15) is 9.36 Å². The number of fused-ring (bicyclic) bond motifs is 1. The van der Waals surface area contributed by atoms with Gasteiger partial charge in [-0.3, -0.25) is 0 Å². The number of hydrogen-bond acceptors (Lipinski definition) is 6. The first-order chi connectivity index (χ1) is 12.9. The van der Waals surface area contributed by atoms with E-state index in [4.69, 9.17) is 28.9 Å². The van der Waals surface area contributed by atoms with E-state index < -0.39 is 5.67 Å². The van der Waals surface area contributed by atoms with Crippen molar-refractivity contribution in [3.05, 3.63) is 38.7 Å². The molecule has 3 aromatic heterocycles. The lowest BCUT2D eigenvalue weighted by atomic mass is 10.00. The maximum Gasteiger partial charge on any atom is 0.243 e. The number of nitrogens with two attached hydrogens (primary N) is 1. The molecule has 1 saturated carbocycles. The number of aromatic nitrogens is 4. The molecule has 0 aromatic carbocycles. The van der Waals surface area contributed by atoms with Crippen molar-refractivity contribution in [3.63, 3.8) is 0 Å². The smallest absolute Gasteiger partial charge is 0.243 e. The van der Waals surface area contributed by atoms with Gasteiger partial charge in [0.1, 0.15) is 16.3 Å². The Balaban J connectivity index is 1.65. The van der Waals surface area contributed by atoms with Gasteiger partial charge in [-0.25, -0.2) is 8.91 Å². The number of alkyl halides is 1. The maximum absolute atomic E-state index is 14.0. The molecule has 3 aromatic rings. The Kier molecular flexibility index (Phi) is 5.00. The van der Waals surface area contributed by atoms with Crippen molar-refractivity contribution < 1.29 is 4.39 Å². The monoisotopic (exact) mass is 428 g/mol. The van der Waals surface area contributed by atoms with Crippen molar-refractivity contribution in [3.8, 4) is 0 Å². The highest BCUT2D eigenvalue weighted by Gasteiger charge is 2.44. The Morgan fingerprint density at radius 2 is 2.22 bits per heavy atom. The molecule has 1 aliphatic rings. The van der Waals surface area contributed by atoms with Crippen LogP contribution in [0.25, 0.3) is 5.52 Å². The molecule has 3 N–H and O–H groups in total. The minimum absolute atomic E-state index is 0.0803. The van der Waals surface area contributed by atoms with Gasteiger partial charge in [0.2, 0.25) is 5.28 Å². The van der Waals surface area contributed by atoms with Crippen molar-refractivity contribution in [1.82, 2.24) is 19.0 Å². The third-order valence-electron chi connectivity index (χ3n) is 4.88. The molecule has 10 heteroatoms. The number of hydrogen-bond donors (Lipinski definition) is 2. The number of nitrogens with zero attached hydrogens (tertiary/aromatic N) is 4. The van der Waals surface area contributed by atoms with E-state index in [9.17, 15) is 4.39 Å². The lowest BCUT2D eigenvalue weighted by Crippen LogP contribution is -2.27. The number of anilines is 1. The van der Waals surface area contributed by atoms with Crippen LogP contribution >= 0.6 is 34.7 Å². The first kappa shape index (κ1) is 18.9. The van der Waals surface area contributed by atoms with Crippen LogP contribution in [-0.4, -0.2) is 30.7 Å². The van der Waals surface area contributed by atoms with E-state index in [0.717, 1.165) is 22.3 Å². The van der Waals surface area contributed by atoms with Crippen molar-refractivity contribution in [2.24, 2.45) is 5.73 Å². The van der Waals surface area contributed by atoms with Crippen molar-refractivity contribution >= 4 is 46.1 Å². The predicted molar refractivity (Wildman–Crippen MR) is 107 cm³/mol. The number of halogens is 3. The Bertz CT molecular complexity index is 970. The van der Waals surface area contributed by atoms with Gasteiger partial charge in [0.05, 0.1) is 12.2 Å². The second-order valence-electron chi connectivity index (χ2n) is 7.05. The van der Waals surface area contributed by atoms with Gasteiger partial charge in [-0.15, -0.1) is 5.10 Å². The van der Waals surface area contributed by atoms with Gasteiger partial charge in [0, 0.05) is 11.4 Å². The van der Waals surface area contributed by atoms with Crippen LogP contribution in [-0.2, 0) is 13.0 Å². The molecule has 1 atom stereocenters. The minimum atomic E-state index is -1.09. The normalized spacial score (nSPS) is 16.6. The summed E-state index contributed by atoms with van der Waals surface area (Å²) in [6, 6.07) is 1.63. The fourth-order valence-electron chi connectivity index (χ4n) is 3.31. The van der Waals surface area contributed by atoms with Crippen LogP contribution in [0.3, 0.4) is 0 Å². The predicted octanol–water partition coefficient (Wildman–Crippen LogP) is 4.18. The summed E-state index contributed by atoms with van der Waals surface area (Å²) in [4.78, 5) is 4.31. The third-order valence-corrected chi connectivity index (χ3v) is 6.03. The molecule has 6 nitrogen and oxygen atoms in total. The summed E-state index contributed by atoms with van der Waals surface area (Å²) in [5, 5.41) is 9.90. The SMILES string of the molecule is Cc1c(C[C@@H](N)CC2(F)CC2)c(Cl)n2nc(Cl)nc(NCc3ccsn3)c12. The van der Waals surface area contributed by atoms with Crippen LogP contribution < -0.4 is 11.1 Å². The summed E-state index contributed by atoms with van der Waals surface area (Å²) in [6.07, 6.45) is 2.01. The van der Waals surface area contributed by atoms with Crippen LogP contribution in [0.2, 0.25) is 10.4 Å². The largest absolute Gasteiger partial charge is 0.362 e. The standard InChI is InChI=1S/C17H19Cl2FN6S/c1-9-12(6-10(21)7-17(20)3-4-17)14(18)26-13(9)15(23-16(19)24-26)22-8-11-2-5-27-25-11/h2,5,10H,3-4,6-8,21H2,1H3,(H,22,23,24)/t10-/m1/s1. The fraction of sp³-hybridized carbons (Fsp3) is 0.471. The van der Waals surface area contributed by atoms with E-state index in [2.05, 4.69) is 19.8 Å². The second kappa shape index (κ2) is 7.16. The highest BCUT2D eigenvalue weighted by atomic mass is 35.5. The Morgan fingerprint density at radius 3 is 2.89 bits per heavy atom. The van der Waals surface area contributed by atoms with Gasteiger partial charge in [-0.1, -0.05) is 11.6 Å². The molecule has 3 heterocycles. The number of nitrogens with one attached hydrogen (secondary N) is 1. The first-order valence-corrected chi connectivity index (χ1v) is 10.3. The van der Waals surface area contributed by atoms with Gasteiger partial charge in [0.15, 0.2) is 5.82 Å². The first-order valence-electron chi connectivity index (χ1n) is 8.67. The van der Waals surface area contributed by atoms with Crippen LogP contribution in [0.5, 0.6) is 0 Å². The molecule has 0 radical (unpaired) electrons. The lowest BCUT2D eigenvalue weighted by molar-refractivity contribution is 0.270. The van der Waals surface area contributed by atoms with E-state index in [1.165, 1.54) is 11.5 Å². The summed E-state index contributed by atoms with van der Waals surface area (Å²) < 4.78 is 19.9. The average molecular weight is 429 g/mol. The Labute approximate surface area is 170 Å². The molecule has 1 fully saturated rings. The van der Waals surface area contributed by atoms with E-state index >= 15 is 0 Å². The second-order valence-corrected chi connectivity index (χ2v) is 8.41. The summed E-state index contributed by atoms with van der Waals surface area (Å²) in [5.41, 5.74) is 8.50. The molecule has 0 saturated heterocycles. The summed E-state index contributed by atoms with van der Waals surface area (Å²) in [6.45, 7) is 2.45. The minimum Gasteiger partial charge on any atom is -0.362 e. The van der Waals surface area contributed by atoms with Gasteiger partial charge in [0.25, 0.3) is 0 Å². The highest BCUT2D eigenvalue weighted by Crippen LogP contribution is 2.44. The molecule has 0 spiro atoms. The maximum atomic E-state index is 14.0. The third kappa shape index (κ3) is 3.89.